The fourth-order valence-electron chi connectivity index (χ4n) is 3.36. The van der Waals surface area contributed by atoms with Crippen molar-refractivity contribution in [3.63, 3.8) is 0 Å². The molecule has 0 bridgehead atoms. The van der Waals surface area contributed by atoms with Crippen LogP contribution in [0.25, 0.3) is 11.6 Å². The molecule has 0 radical (unpaired) electrons. The number of methoxy groups -OCH3 is 1. The lowest BCUT2D eigenvalue weighted by molar-refractivity contribution is -0.128. The van der Waals surface area contributed by atoms with E-state index >= 15 is 0 Å². The first kappa shape index (κ1) is 24.0. The van der Waals surface area contributed by atoms with E-state index in [0.29, 0.717) is 23.6 Å². The van der Waals surface area contributed by atoms with Crippen molar-refractivity contribution in [2.24, 2.45) is 0 Å². The number of ether oxygens (including phenoxy) is 1. The summed E-state index contributed by atoms with van der Waals surface area (Å²) in [4.78, 5) is 29.2. The molecule has 0 aliphatic carbocycles. The molecule has 3 rings (SSSR count). The summed E-state index contributed by atoms with van der Waals surface area (Å²) in [5, 5.41) is 15.2. The molecule has 0 saturated carbocycles. The molecule has 3 aromatic rings. The molecule has 10 nitrogen and oxygen atoms in total. The van der Waals surface area contributed by atoms with Gasteiger partial charge < -0.3 is 14.5 Å². The van der Waals surface area contributed by atoms with Gasteiger partial charge in [0.25, 0.3) is 5.91 Å². The molecule has 1 N–H and O–H groups in total. The highest BCUT2D eigenvalue weighted by atomic mass is 16.5. The van der Waals surface area contributed by atoms with Gasteiger partial charge in [-0.2, -0.15) is 4.80 Å². The normalized spacial score (nSPS) is 12.3. The van der Waals surface area contributed by atoms with Crippen molar-refractivity contribution >= 4 is 17.5 Å². The lowest BCUT2D eigenvalue weighted by Crippen LogP contribution is -2.54. The maximum Gasteiger partial charge on any atom is 0.251 e. The van der Waals surface area contributed by atoms with E-state index in [4.69, 9.17) is 9.15 Å². The number of aryl methyl sites for hydroxylation is 1. The highest BCUT2D eigenvalue weighted by Gasteiger charge is 2.32. The van der Waals surface area contributed by atoms with E-state index < -0.39 is 11.6 Å². The summed E-state index contributed by atoms with van der Waals surface area (Å²) in [7, 11) is 1.55. The molecule has 0 saturated heterocycles. The lowest BCUT2D eigenvalue weighted by atomic mass is 10.1. The summed E-state index contributed by atoms with van der Waals surface area (Å²) < 4.78 is 10.8. The van der Waals surface area contributed by atoms with Gasteiger partial charge in [0.15, 0.2) is 5.76 Å². The summed E-state index contributed by atoms with van der Waals surface area (Å²) >= 11 is 0. The molecule has 0 aliphatic rings. The van der Waals surface area contributed by atoms with E-state index in [1.807, 2.05) is 34.6 Å². The van der Waals surface area contributed by atoms with Gasteiger partial charge in [-0.1, -0.05) is 13.0 Å². The Morgan fingerprint density at radius 1 is 1.24 bits per heavy atom. The largest absolute Gasteiger partial charge is 0.497 e. The minimum Gasteiger partial charge on any atom is -0.497 e. The van der Waals surface area contributed by atoms with Crippen LogP contribution in [0.15, 0.2) is 40.8 Å². The average Bonchev–Trinajstić information content (AvgIpc) is 3.39. The summed E-state index contributed by atoms with van der Waals surface area (Å²) in [6.45, 7) is 9.16. The predicted octanol–water partition coefficient (Wildman–Crippen LogP) is 2.98. The van der Waals surface area contributed by atoms with Crippen LogP contribution in [-0.2, 0) is 16.1 Å². The number of hydrogen-bond acceptors (Lipinski definition) is 7. The fourth-order valence-corrected chi connectivity index (χ4v) is 3.36. The summed E-state index contributed by atoms with van der Waals surface area (Å²) in [5.41, 5.74) is 0.0918. The van der Waals surface area contributed by atoms with E-state index in [0.717, 1.165) is 5.76 Å². The zero-order chi connectivity index (χ0) is 24.2. The Labute approximate surface area is 192 Å². The van der Waals surface area contributed by atoms with Gasteiger partial charge in [-0.3, -0.25) is 14.5 Å². The van der Waals surface area contributed by atoms with Crippen LogP contribution >= 0.6 is 0 Å². The van der Waals surface area contributed by atoms with Crippen LogP contribution in [0.3, 0.4) is 0 Å². The zero-order valence-electron chi connectivity index (χ0n) is 19.8. The van der Waals surface area contributed by atoms with E-state index in [1.54, 1.807) is 43.5 Å². The lowest BCUT2D eigenvalue weighted by Gasteiger charge is -2.33. The van der Waals surface area contributed by atoms with Gasteiger partial charge in [0.2, 0.25) is 11.7 Å². The maximum absolute atomic E-state index is 13.5. The third-order valence-electron chi connectivity index (χ3n) is 4.79. The Kier molecular flexibility index (Phi) is 7.15. The van der Waals surface area contributed by atoms with Gasteiger partial charge in [0.1, 0.15) is 24.1 Å². The Balaban J connectivity index is 1.91. The smallest absolute Gasteiger partial charge is 0.251 e. The number of aromatic nitrogens is 4. The van der Waals surface area contributed by atoms with Crippen molar-refractivity contribution in [1.82, 2.24) is 25.5 Å². The molecule has 0 spiro atoms. The van der Waals surface area contributed by atoms with E-state index in [2.05, 4.69) is 20.7 Å². The number of carbonyl (C=O) groups excluding carboxylic acids is 2. The topological polar surface area (TPSA) is 115 Å². The first-order valence-corrected chi connectivity index (χ1v) is 10.7. The number of tetrazole rings is 1. The highest BCUT2D eigenvalue weighted by Crippen LogP contribution is 2.25. The SMILES string of the molecule is CCC(C(=O)NC(C)(C)C)N(C(=O)Cn1nnc(-c2ccc(C)o2)n1)c1cccc(OC)c1. The third kappa shape index (κ3) is 5.97. The van der Waals surface area contributed by atoms with Gasteiger partial charge in [0, 0.05) is 17.3 Å². The number of amides is 2. The number of nitrogens with one attached hydrogen (secondary N) is 1. The van der Waals surface area contributed by atoms with Crippen molar-refractivity contribution in [3.8, 4) is 17.3 Å². The number of furan rings is 1. The second-order valence-electron chi connectivity index (χ2n) is 8.68. The Hall–Kier alpha value is -3.69. The fraction of sp³-hybridized carbons (Fsp3) is 0.435. The van der Waals surface area contributed by atoms with Crippen molar-refractivity contribution in [1.29, 1.82) is 0 Å². The van der Waals surface area contributed by atoms with Crippen LogP contribution in [0.1, 0.15) is 39.9 Å². The average molecular weight is 455 g/mol. The quantitative estimate of drug-likeness (QED) is 0.556. The van der Waals surface area contributed by atoms with Crippen molar-refractivity contribution < 1.29 is 18.7 Å². The maximum atomic E-state index is 13.5. The van der Waals surface area contributed by atoms with Gasteiger partial charge in [0.05, 0.1) is 7.11 Å². The molecule has 1 aromatic carbocycles. The molecular formula is C23H30N6O4. The van der Waals surface area contributed by atoms with E-state index in [-0.39, 0.29) is 24.2 Å². The summed E-state index contributed by atoms with van der Waals surface area (Å²) in [6, 6.07) is 9.83. The van der Waals surface area contributed by atoms with E-state index in [1.165, 1.54) is 9.70 Å². The Bertz CT molecular complexity index is 1110. The standard InChI is InChI=1S/C23H30N6O4/c1-7-18(22(31)24-23(3,4)5)29(16-9-8-10-17(13-16)32-6)20(30)14-28-26-21(25-27-28)19-12-11-15(2)33-19/h8-13,18H,7,14H2,1-6H3,(H,24,31). The molecule has 2 amide bonds. The zero-order valence-corrected chi connectivity index (χ0v) is 19.8. The number of rotatable bonds is 8. The summed E-state index contributed by atoms with van der Waals surface area (Å²) in [5.74, 6) is 1.43. The first-order valence-electron chi connectivity index (χ1n) is 10.7. The van der Waals surface area contributed by atoms with Gasteiger partial charge in [-0.25, -0.2) is 0 Å². The van der Waals surface area contributed by atoms with Crippen molar-refractivity contribution in [2.45, 2.75) is 59.2 Å². The summed E-state index contributed by atoms with van der Waals surface area (Å²) in [6.07, 6.45) is 0.409. The highest BCUT2D eigenvalue weighted by molar-refractivity contribution is 6.00. The van der Waals surface area contributed by atoms with Gasteiger partial charge >= 0.3 is 0 Å². The van der Waals surface area contributed by atoms with Crippen LogP contribution in [0.5, 0.6) is 5.75 Å². The molecule has 1 atom stereocenters. The second kappa shape index (κ2) is 9.85. The van der Waals surface area contributed by atoms with Crippen LogP contribution in [-0.4, -0.2) is 50.7 Å². The third-order valence-corrected chi connectivity index (χ3v) is 4.79. The number of benzene rings is 1. The molecule has 0 aliphatic heterocycles. The van der Waals surface area contributed by atoms with Gasteiger partial charge in [-0.15, -0.1) is 10.2 Å². The monoisotopic (exact) mass is 454 g/mol. The predicted molar refractivity (Wildman–Crippen MR) is 123 cm³/mol. The van der Waals surface area contributed by atoms with E-state index in [9.17, 15) is 9.59 Å². The first-order chi connectivity index (χ1) is 15.6. The molecule has 176 valence electrons. The minimum atomic E-state index is -0.737. The molecule has 1 unspecified atom stereocenters. The molecule has 2 heterocycles. The van der Waals surface area contributed by atoms with Crippen LogP contribution in [0.2, 0.25) is 0 Å². The second-order valence-corrected chi connectivity index (χ2v) is 8.68. The number of hydrogen-bond donors (Lipinski definition) is 1. The molecule has 33 heavy (non-hydrogen) atoms. The number of nitrogens with zero attached hydrogens (tertiary/aromatic N) is 5. The van der Waals surface area contributed by atoms with Crippen LogP contribution < -0.4 is 15.0 Å². The molecule has 0 fully saturated rings. The van der Waals surface area contributed by atoms with Gasteiger partial charge in [-0.05, 0) is 63.6 Å². The molecule has 10 heteroatoms. The van der Waals surface area contributed by atoms with Crippen molar-refractivity contribution in [2.75, 3.05) is 12.0 Å². The number of carbonyl (C=O) groups is 2. The molecule has 2 aromatic heterocycles. The minimum absolute atomic E-state index is 0.205. The molecular weight excluding hydrogens is 424 g/mol. The van der Waals surface area contributed by atoms with Crippen molar-refractivity contribution in [3.05, 3.63) is 42.2 Å². The van der Waals surface area contributed by atoms with Crippen LogP contribution in [0, 0.1) is 6.92 Å². The van der Waals surface area contributed by atoms with Crippen LogP contribution in [0.4, 0.5) is 5.69 Å². The Morgan fingerprint density at radius 3 is 2.61 bits per heavy atom. The number of anilines is 1. The Morgan fingerprint density at radius 2 is 2.00 bits per heavy atom.